The van der Waals surface area contributed by atoms with Crippen LogP contribution in [0.4, 0.5) is 0 Å². The first kappa shape index (κ1) is 13.1. The summed E-state index contributed by atoms with van der Waals surface area (Å²) < 4.78 is 2.58. The van der Waals surface area contributed by atoms with Gasteiger partial charge in [0, 0.05) is 17.0 Å². The first-order valence-electron chi connectivity index (χ1n) is 6.33. The maximum absolute atomic E-state index is 12.7. The maximum atomic E-state index is 12.7. The van der Waals surface area contributed by atoms with Gasteiger partial charge in [0.25, 0.3) is 5.91 Å². The van der Waals surface area contributed by atoms with Gasteiger partial charge in [-0.25, -0.2) is 0 Å². The van der Waals surface area contributed by atoms with Crippen LogP contribution in [0.25, 0.3) is 11.0 Å². The van der Waals surface area contributed by atoms with E-state index < -0.39 is 0 Å². The number of carbonyl (C=O) groups is 1. The van der Waals surface area contributed by atoms with Crippen molar-refractivity contribution in [2.24, 2.45) is 0 Å². The number of hydrogen-bond acceptors (Lipinski definition) is 2. The second-order valence-corrected chi connectivity index (χ2v) is 5.52. The van der Waals surface area contributed by atoms with E-state index in [1.807, 2.05) is 56.3 Å². The molecule has 0 aliphatic carbocycles. The molecule has 0 aliphatic heterocycles. The quantitative estimate of drug-likeness (QED) is 0.674. The summed E-state index contributed by atoms with van der Waals surface area (Å²) in [6, 6.07) is 13.1. The first-order valence-corrected chi connectivity index (χ1v) is 7.13. The van der Waals surface area contributed by atoms with Gasteiger partial charge in [0.1, 0.15) is 5.52 Å². The Labute approximate surface area is 125 Å². The molecule has 2 heterocycles. The fourth-order valence-corrected chi connectivity index (χ4v) is 2.78. The van der Waals surface area contributed by atoms with E-state index in [0.29, 0.717) is 5.56 Å². The van der Waals surface area contributed by atoms with Crippen LogP contribution in [0.1, 0.15) is 21.7 Å². The molecule has 3 aromatic rings. The van der Waals surface area contributed by atoms with Gasteiger partial charge in [0.05, 0.1) is 9.99 Å². The zero-order valence-corrected chi connectivity index (χ0v) is 12.8. The topological polar surface area (TPSA) is 34.9 Å². The third-order valence-electron chi connectivity index (χ3n) is 3.34. The second kappa shape index (κ2) is 4.87. The normalized spacial score (nSPS) is 10.9. The van der Waals surface area contributed by atoms with Crippen LogP contribution in [0.2, 0.25) is 0 Å². The molecule has 0 radical (unpaired) electrons. The molecule has 0 amide bonds. The number of nitrogens with zero attached hydrogens (tertiary/aromatic N) is 2. The predicted molar refractivity (Wildman–Crippen MR) is 83.1 cm³/mol. The molecule has 0 spiro atoms. The Morgan fingerprint density at radius 2 is 1.80 bits per heavy atom. The van der Waals surface area contributed by atoms with E-state index in [0.717, 1.165) is 26.9 Å². The van der Waals surface area contributed by atoms with Crippen LogP contribution in [0.15, 0.2) is 46.9 Å². The summed E-state index contributed by atoms with van der Waals surface area (Å²) >= 11 is 3.54. The van der Waals surface area contributed by atoms with E-state index in [1.54, 1.807) is 4.57 Å². The molecule has 4 heteroatoms. The lowest BCUT2D eigenvalue weighted by Crippen LogP contribution is -2.13. The van der Waals surface area contributed by atoms with Crippen molar-refractivity contribution in [2.75, 3.05) is 0 Å². The SMILES string of the molecule is Cc1ccc2c(n1)c(Br)c(C)n2C(=O)c1ccccc1. The molecule has 3 nitrogen and oxygen atoms in total. The van der Waals surface area contributed by atoms with Crippen molar-refractivity contribution < 1.29 is 4.79 Å². The molecule has 3 rings (SSSR count). The van der Waals surface area contributed by atoms with Crippen molar-refractivity contribution in [3.05, 3.63) is 63.9 Å². The minimum Gasteiger partial charge on any atom is -0.278 e. The van der Waals surface area contributed by atoms with Crippen molar-refractivity contribution in [3.63, 3.8) is 0 Å². The fraction of sp³-hybridized carbons (Fsp3) is 0.125. The molecule has 0 aliphatic rings. The van der Waals surface area contributed by atoms with Crippen molar-refractivity contribution in [1.29, 1.82) is 0 Å². The van der Waals surface area contributed by atoms with Crippen LogP contribution in [-0.2, 0) is 0 Å². The Kier molecular flexibility index (Phi) is 3.18. The number of aryl methyl sites for hydroxylation is 1. The van der Waals surface area contributed by atoms with Gasteiger partial charge >= 0.3 is 0 Å². The highest BCUT2D eigenvalue weighted by atomic mass is 79.9. The van der Waals surface area contributed by atoms with Gasteiger partial charge in [-0.2, -0.15) is 0 Å². The van der Waals surface area contributed by atoms with Crippen LogP contribution < -0.4 is 0 Å². The smallest absolute Gasteiger partial charge is 0.262 e. The molecule has 0 fully saturated rings. The summed E-state index contributed by atoms with van der Waals surface area (Å²) in [5, 5.41) is 0. The number of aromatic nitrogens is 2. The van der Waals surface area contributed by atoms with Gasteiger partial charge in [-0.3, -0.25) is 14.3 Å². The van der Waals surface area contributed by atoms with Crippen LogP contribution in [0.5, 0.6) is 0 Å². The zero-order chi connectivity index (χ0) is 14.3. The number of fused-ring (bicyclic) bond motifs is 1. The summed E-state index contributed by atoms with van der Waals surface area (Å²) in [6.07, 6.45) is 0. The maximum Gasteiger partial charge on any atom is 0.262 e. The molecule has 0 atom stereocenters. The second-order valence-electron chi connectivity index (χ2n) is 4.73. The largest absolute Gasteiger partial charge is 0.278 e. The molecule has 100 valence electrons. The van der Waals surface area contributed by atoms with E-state index in [2.05, 4.69) is 20.9 Å². The Hall–Kier alpha value is -1.94. The lowest BCUT2D eigenvalue weighted by Gasteiger charge is -2.06. The standard InChI is InChI=1S/C16H13BrN2O/c1-10-8-9-13-15(18-10)14(17)11(2)19(13)16(20)12-6-4-3-5-7-12/h3-9H,1-2H3. The lowest BCUT2D eigenvalue weighted by atomic mass is 10.2. The molecule has 0 N–H and O–H groups in total. The molecule has 0 unspecified atom stereocenters. The highest BCUT2D eigenvalue weighted by Crippen LogP contribution is 2.30. The van der Waals surface area contributed by atoms with Gasteiger partial charge in [0.15, 0.2) is 0 Å². The van der Waals surface area contributed by atoms with E-state index in [1.165, 1.54) is 0 Å². The van der Waals surface area contributed by atoms with Gasteiger partial charge in [0.2, 0.25) is 0 Å². The fourth-order valence-electron chi connectivity index (χ4n) is 2.31. The number of carbonyl (C=O) groups excluding carboxylic acids is 1. The molecule has 2 aromatic heterocycles. The average molecular weight is 329 g/mol. The third-order valence-corrected chi connectivity index (χ3v) is 4.29. The molecular weight excluding hydrogens is 316 g/mol. The van der Waals surface area contributed by atoms with Crippen molar-refractivity contribution in [1.82, 2.24) is 9.55 Å². The van der Waals surface area contributed by atoms with E-state index in [-0.39, 0.29) is 5.91 Å². The number of benzene rings is 1. The summed E-state index contributed by atoms with van der Waals surface area (Å²) in [6.45, 7) is 3.86. The Morgan fingerprint density at radius 3 is 2.50 bits per heavy atom. The highest BCUT2D eigenvalue weighted by Gasteiger charge is 2.19. The monoisotopic (exact) mass is 328 g/mol. The number of hydrogen-bond donors (Lipinski definition) is 0. The average Bonchev–Trinajstić information content (AvgIpc) is 2.71. The highest BCUT2D eigenvalue weighted by molar-refractivity contribution is 9.10. The van der Waals surface area contributed by atoms with Crippen LogP contribution in [-0.4, -0.2) is 15.5 Å². The predicted octanol–water partition coefficient (Wildman–Crippen LogP) is 4.10. The van der Waals surface area contributed by atoms with Gasteiger partial charge < -0.3 is 0 Å². The summed E-state index contributed by atoms with van der Waals surface area (Å²) in [5.41, 5.74) is 4.12. The first-order chi connectivity index (χ1) is 9.59. The van der Waals surface area contributed by atoms with E-state index >= 15 is 0 Å². The number of pyridine rings is 1. The third kappa shape index (κ3) is 1.96. The zero-order valence-electron chi connectivity index (χ0n) is 11.2. The van der Waals surface area contributed by atoms with Crippen LogP contribution in [0.3, 0.4) is 0 Å². The molecular formula is C16H13BrN2O. The van der Waals surface area contributed by atoms with Gasteiger partial charge in [-0.15, -0.1) is 0 Å². The van der Waals surface area contributed by atoms with Gasteiger partial charge in [-0.05, 0) is 54.0 Å². The number of rotatable bonds is 1. The minimum atomic E-state index is -0.0375. The van der Waals surface area contributed by atoms with Crippen LogP contribution in [0, 0.1) is 13.8 Å². The van der Waals surface area contributed by atoms with Gasteiger partial charge in [-0.1, -0.05) is 18.2 Å². The van der Waals surface area contributed by atoms with E-state index in [9.17, 15) is 4.79 Å². The van der Waals surface area contributed by atoms with E-state index in [4.69, 9.17) is 0 Å². The minimum absolute atomic E-state index is 0.0375. The van der Waals surface area contributed by atoms with Crippen molar-refractivity contribution in [3.8, 4) is 0 Å². The molecule has 0 saturated carbocycles. The Morgan fingerprint density at radius 1 is 1.10 bits per heavy atom. The molecule has 0 saturated heterocycles. The molecule has 20 heavy (non-hydrogen) atoms. The lowest BCUT2D eigenvalue weighted by molar-refractivity contribution is 0.0963. The Bertz CT molecular complexity index is 806. The summed E-state index contributed by atoms with van der Waals surface area (Å²) in [7, 11) is 0. The van der Waals surface area contributed by atoms with Crippen molar-refractivity contribution in [2.45, 2.75) is 13.8 Å². The number of halogens is 1. The summed E-state index contributed by atoms with van der Waals surface area (Å²) in [4.78, 5) is 17.2. The molecule has 0 bridgehead atoms. The molecule has 1 aromatic carbocycles. The van der Waals surface area contributed by atoms with Crippen LogP contribution >= 0.6 is 15.9 Å². The summed E-state index contributed by atoms with van der Waals surface area (Å²) in [5.74, 6) is -0.0375. The van der Waals surface area contributed by atoms with Crippen molar-refractivity contribution >= 4 is 32.9 Å². The Balaban J connectivity index is 2.27.